The molecule has 0 radical (unpaired) electrons. The summed E-state index contributed by atoms with van der Waals surface area (Å²) in [6.45, 7) is 0.756. The Hall–Kier alpha value is -3.41. The van der Waals surface area contributed by atoms with Gasteiger partial charge in [0.25, 0.3) is 0 Å². The first-order valence-electron chi connectivity index (χ1n) is 8.07. The van der Waals surface area contributed by atoms with Crippen LogP contribution in [-0.2, 0) is 6.42 Å². The summed E-state index contributed by atoms with van der Waals surface area (Å²) in [5.74, 6) is 1.50. The fourth-order valence-electron chi connectivity index (χ4n) is 2.72. The van der Waals surface area contributed by atoms with Crippen molar-refractivity contribution in [3.05, 3.63) is 72.7 Å². The van der Waals surface area contributed by atoms with Crippen LogP contribution in [0, 0.1) is 0 Å². The summed E-state index contributed by atoms with van der Waals surface area (Å²) in [5.41, 5.74) is 2.87. The van der Waals surface area contributed by atoms with E-state index >= 15 is 0 Å². The molecule has 6 nitrogen and oxygen atoms in total. The maximum Gasteiger partial charge on any atom is 0.224 e. The molecule has 0 fully saturated rings. The third-order valence-electron chi connectivity index (χ3n) is 3.96. The number of nitrogens with one attached hydrogen (secondary N) is 1. The molecule has 0 amide bonds. The fraction of sp³-hybridized carbons (Fsp3) is 0.105. The first-order chi connectivity index (χ1) is 12.3. The van der Waals surface area contributed by atoms with Crippen LogP contribution in [0.3, 0.4) is 0 Å². The molecular weight excluding hydrogens is 314 g/mol. The van der Waals surface area contributed by atoms with Crippen LogP contribution in [0.1, 0.15) is 5.56 Å². The monoisotopic (exact) mass is 331 g/mol. The zero-order valence-electron chi connectivity index (χ0n) is 13.5. The lowest BCUT2D eigenvalue weighted by molar-refractivity contribution is 0.476. The topological polar surface area (TPSA) is 75.9 Å². The summed E-state index contributed by atoms with van der Waals surface area (Å²) >= 11 is 0. The SMILES string of the molecule is Oc1ccc2c(c1)ncn2-c1ccnc(NCCc2ccccc2)n1. The third kappa shape index (κ3) is 3.28. The van der Waals surface area contributed by atoms with Crippen molar-refractivity contribution in [3.8, 4) is 11.6 Å². The van der Waals surface area contributed by atoms with Crippen LogP contribution < -0.4 is 5.32 Å². The van der Waals surface area contributed by atoms with Gasteiger partial charge in [0, 0.05) is 18.8 Å². The minimum atomic E-state index is 0.198. The van der Waals surface area contributed by atoms with Crippen LogP contribution in [0.25, 0.3) is 16.9 Å². The maximum absolute atomic E-state index is 9.56. The van der Waals surface area contributed by atoms with Gasteiger partial charge < -0.3 is 10.4 Å². The van der Waals surface area contributed by atoms with E-state index in [9.17, 15) is 5.11 Å². The quantitative estimate of drug-likeness (QED) is 0.587. The Balaban J connectivity index is 1.52. The summed E-state index contributed by atoms with van der Waals surface area (Å²) in [6.07, 6.45) is 4.32. The third-order valence-corrected chi connectivity index (χ3v) is 3.96. The average Bonchev–Trinajstić information content (AvgIpc) is 3.06. The number of phenols is 1. The number of imidazole rings is 1. The number of rotatable bonds is 5. The summed E-state index contributed by atoms with van der Waals surface area (Å²) < 4.78 is 1.87. The molecule has 2 N–H and O–H groups in total. The lowest BCUT2D eigenvalue weighted by Gasteiger charge is -2.08. The van der Waals surface area contributed by atoms with Crippen molar-refractivity contribution in [2.24, 2.45) is 0 Å². The first kappa shape index (κ1) is 15.1. The standard InChI is InChI=1S/C19H17N5O/c25-15-6-7-17-16(12-15)22-13-24(17)18-9-11-21-19(23-18)20-10-8-14-4-2-1-3-5-14/h1-7,9,11-13,25H,8,10H2,(H,20,21,23). The highest BCUT2D eigenvalue weighted by molar-refractivity contribution is 5.78. The van der Waals surface area contributed by atoms with Gasteiger partial charge in [-0.15, -0.1) is 0 Å². The van der Waals surface area contributed by atoms with Crippen LogP contribution in [-0.4, -0.2) is 31.2 Å². The zero-order chi connectivity index (χ0) is 17.1. The Labute approximate surface area is 144 Å². The molecule has 0 unspecified atom stereocenters. The van der Waals surface area contributed by atoms with Crippen molar-refractivity contribution in [2.45, 2.75) is 6.42 Å². The molecule has 4 rings (SSSR count). The molecule has 0 atom stereocenters. The van der Waals surface area contributed by atoms with Crippen molar-refractivity contribution in [3.63, 3.8) is 0 Å². The molecule has 0 saturated heterocycles. The fourth-order valence-corrected chi connectivity index (χ4v) is 2.72. The second-order valence-electron chi connectivity index (χ2n) is 5.69. The Morgan fingerprint density at radius 1 is 1.00 bits per heavy atom. The Morgan fingerprint density at radius 3 is 2.76 bits per heavy atom. The van der Waals surface area contributed by atoms with E-state index in [4.69, 9.17) is 0 Å². The van der Waals surface area contributed by atoms with Crippen LogP contribution in [0.4, 0.5) is 5.95 Å². The van der Waals surface area contributed by atoms with E-state index in [-0.39, 0.29) is 5.75 Å². The van der Waals surface area contributed by atoms with Gasteiger partial charge in [-0.2, -0.15) is 4.98 Å². The van der Waals surface area contributed by atoms with E-state index in [0.29, 0.717) is 5.95 Å². The Morgan fingerprint density at radius 2 is 1.88 bits per heavy atom. The van der Waals surface area contributed by atoms with Crippen LogP contribution in [0.15, 0.2) is 67.1 Å². The van der Waals surface area contributed by atoms with Gasteiger partial charge in [-0.25, -0.2) is 9.97 Å². The van der Waals surface area contributed by atoms with E-state index in [1.807, 2.05) is 34.9 Å². The molecule has 4 aromatic rings. The molecule has 0 aliphatic carbocycles. The van der Waals surface area contributed by atoms with E-state index < -0.39 is 0 Å². The molecule has 25 heavy (non-hydrogen) atoms. The number of fused-ring (bicyclic) bond motifs is 1. The lowest BCUT2D eigenvalue weighted by atomic mass is 10.1. The van der Waals surface area contributed by atoms with Crippen LogP contribution in [0.5, 0.6) is 5.75 Å². The van der Waals surface area contributed by atoms with Gasteiger partial charge >= 0.3 is 0 Å². The van der Waals surface area contributed by atoms with Crippen molar-refractivity contribution >= 4 is 17.0 Å². The normalized spacial score (nSPS) is 10.9. The van der Waals surface area contributed by atoms with Crippen LogP contribution in [0.2, 0.25) is 0 Å². The number of hydrogen-bond donors (Lipinski definition) is 2. The average molecular weight is 331 g/mol. The van der Waals surface area contributed by atoms with Gasteiger partial charge in [0.2, 0.25) is 5.95 Å². The first-order valence-corrected chi connectivity index (χ1v) is 8.07. The highest BCUT2D eigenvalue weighted by atomic mass is 16.3. The predicted molar refractivity (Wildman–Crippen MR) is 97.0 cm³/mol. The largest absolute Gasteiger partial charge is 0.508 e. The molecule has 124 valence electrons. The highest BCUT2D eigenvalue weighted by Gasteiger charge is 2.07. The highest BCUT2D eigenvalue weighted by Crippen LogP contribution is 2.21. The van der Waals surface area contributed by atoms with Gasteiger partial charge in [-0.05, 0) is 30.2 Å². The van der Waals surface area contributed by atoms with Crippen molar-refractivity contribution in [1.29, 1.82) is 0 Å². The van der Waals surface area contributed by atoms with Gasteiger partial charge in [-0.1, -0.05) is 30.3 Å². The molecule has 2 aromatic carbocycles. The molecule has 6 heteroatoms. The molecule has 2 aromatic heterocycles. The van der Waals surface area contributed by atoms with Gasteiger partial charge in [0.1, 0.15) is 17.9 Å². The van der Waals surface area contributed by atoms with Crippen molar-refractivity contribution < 1.29 is 5.11 Å². The smallest absolute Gasteiger partial charge is 0.224 e. The van der Waals surface area contributed by atoms with E-state index in [1.165, 1.54) is 5.56 Å². The lowest BCUT2D eigenvalue weighted by Crippen LogP contribution is -2.09. The predicted octanol–water partition coefficient (Wildman–Crippen LogP) is 3.18. The van der Waals surface area contributed by atoms with E-state index in [0.717, 1.165) is 29.8 Å². The molecular formula is C19H17N5O. The number of nitrogens with zero attached hydrogens (tertiary/aromatic N) is 4. The number of aromatic hydroxyl groups is 1. The molecule has 2 heterocycles. The number of anilines is 1. The van der Waals surface area contributed by atoms with E-state index in [1.54, 1.807) is 24.7 Å². The van der Waals surface area contributed by atoms with Crippen molar-refractivity contribution in [1.82, 2.24) is 19.5 Å². The van der Waals surface area contributed by atoms with Crippen LogP contribution >= 0.6 is 0 Å². The second-order valence-corrected chi connectivity index (χ2v) is 5.69. The van der Waals surface area contributed by atoms with Gasteiger partial charge in [-0.3, -0.25) is 4.57 Å². The second kappa shape index (κ2) is 6.60. The summed E-state index contributed by atoms with van der Waals surface area (Å²) in [6, 6.07) is 17.2. The van der Waals surface area contributed by atoms with Gasteiger partial charge in [0.15, 0.2) is 0 Å². The molecule has 0 saturated carbocycles. The van der Waals surface area contributed by atoms with Gasteiger partial charge in [0.05, 0.1) is 11.0 Å². The van der Waals surface area contributed by atoms with Crippen molar-refractivity contribution in [2.75, 3.05) is 11.9 Å². The summed E-state index contributed by atoms with van der Waals surface area (Å²) in [4.78, 5) is 13.1. The molecule has 0 spiro atoms. The maximum atomic E-state index is 9.56. The number of hydrogen-bond acceptors (Lipinski definition) is 5. The molecule has 0 aliphatic heterocycles. The Bertz CT molecular complexity index is 997. The minimum Gasteiger partial charge on any atom is -0.508 e. The zero-order valence-corrected chi connectivity index (χ0v) is 13.5. The Kier molecular flexibility index (Phi) is 4.00. The van der Waals surface area contributed by atoms with E-state index in [2.05, 4.69) is 32.4 Å². The molecule has 0 bridgehead atoms. The number of benzene rings is 2. The number of phenolic OH excluding ortho intramolecular Hbond substituents is 1. The minimum absolute atomic E-state index is 0.198. The summed E-state index contributed by atoms with van der Waals surface area (Å²) in [7, 11) is 0. The molecule has 0 aliphatic rings. The number of aromatic nitrogens is 4. The summed E-state index contributed by atoms with van der Waals surface area (Å²) in [5, 5.41) is 12.8.